The molecule has 0 saturated carbocycles. The smallest absolute Gasteiger partial charge is 0.220 e. The number of nitrogens with zero attached hydrogens (tertiary/aromatic N) is 2. The maximum Gasteiger partial charge on any atom is 0.220 e. The number of hydrogen-bond acceptors (Lipinski definition) is 2. The van der Waals surface area contributed by atoms with Gasteiger partial charge < -0.3 is 16.0 Å². The molecule has 0 bridgehead atoms. The van der Waals surface area contributed by atoms with Crippen molar-refractivity contribution in [2.24, 2.45) is 16.1 Å². The van der Waals surface area contributed by atoms with Gasteiger partial charge in [0.2, 0.25) is 5.91 Å². The zero-order valence-electron chi connectivity index (χ0n) is 9.12. The Labute approximate surface area is 89.7 Å². The van der Waals surface area contributed by atoms with E-state index in [1.807, 2.05) is 0 Å². The summed E-state index contributed by atoms with van der Waals surface area (Å²) in [6.07, 6.45) is 2.84. The Morgan fingerprint density at radius 1 is 1.67 bits per heavy atom. The van der Waals surface area contributed by atoms with Crippen molar-refractivity contribution in [3.05, 3.63) is 0 Å². The molecule has 5 nitrogen and oxygen atoms in total. The SMILES string of the molecule is CN=C(N)N1CCCC2(CNC(=O)C2)C1. The first kappa shape index (κ1) is 10.3. The van der Waals surface area contributed by atoms with E-state index in [0.717, 1.165) is 32.5 Å². The highest BCUT2D eigenvalue weighted by Crippen LogP contribution is 2.35. The van der Waals surface area contributed by atoms with Gasteiger partial charge in [-0.3, -0.25) is 9.79 Å². The molecule has 2 heterocycles. The Balaban J connectivity index is 2.07. The summed E-state index contributed by atoms with van der Waals surface area (Å²) < 4.78 is 0. The van der Waals surface area contributed by atoms with E-state index in [1.54, 1.807) is 7.05 Å². The van der Waals surface area contributed by atoms with E-state index in [1.165, 1.54) is 0 Å². The third-order valence-electron chi connectivity index (χ3n) is 3.41. The molecule has 2 fully saturated rings. The second-order valence-corrected chi connectivity index (χ2v) is 4.56. The molecule has 1 amide bonds. The van der Waals surface area contributed by atoms with Gasteiger partial charge in [0, 0.05) is 38.5 Å². The van der Waals surface area contributed by atoms with Crippen LogP contribution in [0.4, 0.5) is 0 Å². The van der Waals surface area contributed by atoms with Crippen molar-refractivity contribution >= 4 is 11.9 Å². The molecule has 15 heavy (non-hydrogen) atoms. The third-order valence-corrected chi connectivity index (χ3v) is 3.41. The molecular formula is C10H18N4O. The Morgan fingerprint density at radius 3 is 3.07 bits per heavy atom. The lowest BCUT2D eigenvalue weighted by Crippen LogP contribution is -2.49. The number of rotatable bonds is 0. The molecule has 1 unspecified atom stereocenters. The minimum Gasteiger partial charge on any atom is -0.370 e. The van der Waals surface area contributed by atoms with E-state index in [0.29, 0.717) is 12.4 Å². The summed E-state index contributed by atoms with van der Waals surface area (Å²) in [6.45, 7) is 2.60. The van der Waals surface area contributed by atoms with E-state index >= 15 is 0 Å². The summed E-state index contributed by atoms with van der Waals surface area (Å²) in [5.41, 5.74) is 5.91. The molecule has 2 aliphatic rings. The van der Waals surface area contributed by atoms with Gasteiger partial charge in [-0.25, -0.2) is 0 Å². The van der Waals surface area contributed by atoms with Crippen molar-refractivity contribution in [1.82, 2.24) is 10.2 Å². The second-order valence-electron chi connectivity index (χ2n) is 4.56. The van der Waals surface area contributed by atoms with Crippen LogP contribution in [0, 0.1) is 5.41 Å². The molecular weight excluding hydrogens is 192 g/mol. The summed E-state index contributed by atoms with van der Waals surface area (Å²) in [6, 6.07) is 0. The number of carbonyl (C=O) groups is 1. The van der Waals surface area contributed by atoms with Gasteiger partial charge in [0.15, 0.2) is 5.96 Å². The monoisotopic (exact) mass is 210 g/mol. The molecule has 0 aromatic carbocycles. The molecule has 0 radical (unpaired) electrons. The van der Waals surface area contributed by atoms with Gasteiger partial charge in [-0.15, -0.1) is 0 Å². The number of piperidine rings is 1. The average Bonchev–Trinajstić information content (AvgIpc) is 2.59. The van der Waals surface area contributed by atoms with E-state index in [9.17, 15) is 4.79 Å². The number of nitrogens with one attached hydrogen (secondary N) is 1. The highest BCUT2D eigenvalue weighted by Gasteiger charge is 2.42. The van der Waals surface area contributed by atoms with Crippen LogP contribution >= 0.6 is 0 Å². The molecule has 0 aliphatic carbocycles. The first-order chi connectivity index (χ1) is 7.15. The minimum absolute atomic E-state index is 0.102. The van der Waals surface area contributed by atoms with Crippen LogP contribution < -0.4 is 11.1 Å². The molecule has 2 rings (SSSR count). The predicted molar refractivity (Wildman–Crippen MR) is 58.4 cm³/mol. The quantitative estimate of drug-likeness (QED) is 0.419. The fourth-order valence-corrected chi connectivity index (χ4v) is 2.59. The highest BCUT2D eigenvalue weighted by atomic mass is 16.1. The third kappa shape index (κ3) is 1.91. The van der Waals surface area contributed by atoms with Crippen LogP contribution in [0.3, 0.4) is 0 Å². The lowest BCUT2D eigenvalue weighted by atomic mass is 9.79. The van der Waals surface area contributed by atoms with Crippen LogP contribution in [-0.2, 0) is 4.79 Å². The molecule has 2 saturated heterocycles. The number of hydrogen-bond donors (Lipinski definition) is 2. The molecule has 1 spiro atoms. The summed E-state index contributed by atoms with van der Waals surface area (Å²) in [5.74, 6) is 0.761. The number of aliphatic imine (C=N–C) groups is 1. The Hall–Kier alpha value is -1.26. The van der Waals surface area contributed by atoms with Crippen molar-refractivity contribution < 1.29 is 4.79 Å². The minimum atomic E-state index is 0.102. The summed E-state index contributed by atoms with van der Waals surface area (Å²) in [4.78, 5) is 17.4. The van der Waals surface area contributed by atoms with Crippen LogP contribution in [0.25, 0.3) is 0 Å². The van der Waals surface area contributed by atoms with E-state index in [2.05, 4.69) is 15.2 Å². The van der Waals surface area contributed by atoms with E-state index in [-0.39, 0.29) is 11.3 Å². The normalized spacial score (nSPS) is 32.2. The molecule has 5 heteroatoms. The van der Waals surface area contributed by atoms with E-state index < -0.39 is 0 Å². The molecule has 2 aliphatic heterocycles. The van der Waals surface area contributed by atoms with Gasteiger partial charge >= 0.3 is 0 Å². The van der Waals surface area contributed by atoms with Crippen molar-refractivity contribution in [2.45, 2.75) is 19.3 Å². The van der Waals surface area contributed by atoms with Gasteiger partial charge in [-0.1, -0.05) is 0 Å². The number of amides is 1. The average molecular weight is 210 g/mol. The zero-order chi connectivity index (χ0) is 10.9. The summed E-state index contributed by atoms with van der Waals surface area (Å²) >= 11 is 0. The zero-order valence-corrected chi connectivity index (χ0v) is 9.12. The van der Waals surface area contributed by atoms with Crippen LogP contribution in [0.15, 0.2) is 4.99 Å². The highest BCUT2D eigenvalue weighted by molar-refractivity contribution is 5.80. The van der Waals surface area contributed by atoms with Gasteiger partial charge in [0.25, 0.3) is 0 Å². The Kier molecular flexibility index (Phi) is 2.54. The largest absolute Gasteiger partial charge is 0.370 e. The van der Waals surface area contributed by atoms with Crippen molar-refractivity contribution in [2.75, 3.05) is 26.7 Å². The lowest BCUT2D eigenvalue weighted by molar-refractivity contribution is -0.119. The lowest BCUT2D eigenvalue weighted by Gasteiger charge is -2.39. The van der Waals surface area contributed by atoms with Crippen LogP contribution in [-0.4, -0.2) is 43.4 Å². The maximum absolute atomic E-state index is 11.3. The number of carbonyl (C=O) groups excluding carboxylic acids is 1. The van der Waals surface area contributed by atoms with Crippen molar-refractivity contribution in [3.63, 3.8) is 0 Å². The first-order valence-electron chi connectivity index (χ1n) is 5.39. The first-order valence-corrected chi connectivity index (χ1v) is 5.39. The number of likely N-dealkylation sites (tertiary alicyclic amines) is 1. The fraction of sp³-hybridized carbons (Fsp3) is 0.800. The van der Waals surface area contributed by atoms with Gasteiger partial charge in [0.1, 0.15) is 0 Å². The molecule has 84 valence electrons. The topological polar surface area (TPSA) is 70.7 Å². The molecule has 0 aromatic rings. The number of nitrogens with two attached hydrogens (primary N) is 1. The predicted octanol–water partition coefficient (Wildman–Crippen LogP) is -0.467. The van der Waals surface area contributed by atoms with Crippen LogP contribution in [0.2, 0.25) is 0 Å². The van der Waals surface area contributed by atoms with Gasteiger partial charge in [-0.2, -0.15) is 0 Å². The standard InChI is InChI=1S/C10H18N4O/c1-12-9(11)14-4-2-3-10(7-14)5-8(15)13-6-10/h2-7H2,1H3,(H2,11,12)(H,13,15). The molecule has 3 N–H and O–H groups in total. The molecule has 0 aromatic heterocycles. The second kappa shape index (κ2) is 3.72. The Morgan fingerprint density at radius 2 is 2.47 bits per heavy atom. The number of guanidine groups is 1. The summed E-state index contributed by atoms with van der Waals surface area (Å²) in [5, 5.41) is 2.91. The van der Waals surface area contributed by atoms with Gasteiger partial charge in [-0.05, 0) is 12.8 Å². The fourth-order valence-electron chi connectivity index (χ4n) is 2.59. The van der Waals surface area contributed by atoms with E-state index in [4.69, 9.17) is 5.73 Å². The summed E-state index contributed by atoms with van der Waals surface area (Å²) in [7, 11) is 1.70. The maximum atomic E-state index is 11.3. The molecule has 1 atom stereocenters. The van der Waals surface area contributed by atoms with Crippen LogP contribution in [0.1, 0.15) is 19.3 Å². The van der Waals surface area contributed by atoms with Gasteiger partial charge in [0.05, 0.1) is 0 Å². The van der Waals surface area contributed by atoms with Crippen molar-refractivity contribution in [3.8, 4) is 0 Å². The van der Waals surface area contributed by atoms with Crippen molar-refractivity contribution in [1.29, 1.82) is 0 Å². The Bertz CT molecular complexity index is 302. The van der Waals surface area contributed by atoms with Crippen LogP contribution in [0.5, 0.6) is 0 Å².